The molecule has 2 amide bonds. The van der Waals surface area contributed by atoms with E-state index in [-0.39, 0.29) is 34.5 Å². The third-order valence-corrected chi connectivity index (χ3v) is 4.21. The number of aromatic nitrogens is 2. The Labute approximate surface area is 187 Å². The van der Waals surface area contributed by atoms with Gasteiger partial charge >= 0.3 is 6.09 Å². The van der Waals surface area contributed by atoms with E-state index in [1.807, 2.05) is 20.8 Å². The van der Waals surface area contributed by atoms with Crippen molar-refractivity contribution in [2.45, 2.75) is 64.9 Å². The number of rotatable bonds is 10. The number of nitrogen functional groups attached to an aromatic ring is 2. The van der Waals surface area contributed by atoms with Crippen LogP contribution in [0.1, 0.15) is 69.8 Å². The van der Waals surface area contributed by atoms with Crippen LogP contribution in [0.5, 0.6) is 0 Å². The van der Waals surface area contributed by atoms with Crippen LogP contribution < -0.4 is 27.4 Å². The number of carbonyl (C=O) groups excluding carboxylic acids is 2. The number of ether oxygens (including phenoxy) is 1. The first-order valence-corrected chi connectivity index (χ1v) is 10.6. The molecular weight excluding hydrogens is 424 g/mol. The average molecular weight is 457 g/mol. The highest BCUT2D eigenvalue weighted by molar-refractivity contribution is 6.31. The van der Waals surface area contributed by atoms with E-state index in [9.17, 15) is 9.59 Å². The van der Waals surface area contributed by atoms with Gasteiger partial charge in [-0.1, -0.05) is 37.3 Å². The average Bonchev–Trinajstić information content (AvgIpc) is 2.64. The second kappa shape index (κ2) is 12.8. The minimum atomic E-state index is -0.690. The number of nitrogens with two attached hydrogens (primary N) is 2. The zero-order valence-electron chi connectivity index (χ0n) is 18.3. The van der Waals surface area contributed by atoms with Gasteiger partial charge < -0.3 is 26.8 Å². The summed E-state index contributed by atoms with van der Waals surface area (Å²) in [7, 11) is 0. The van der Waals surface area contributed by atoms with E-state index in [0.717, 1.165) is 38.5 Å². The van der Waals surface area contributed by atoms with Crippen molar-refractivity contribution in [3.63, 3.8) is 0 Å². The molecule has 0 saturated carbocycles. The minimum Gasteiger partial charge on any atom is -0.444 e. The fraction of sp³-hybridized carbons (Fsp3) is 0.632. The van der Waals surface area contributed by atoms with Gasteiger partial charge in [0.25, 0.3) is 5.91 Å². The van der Waals surface area contributed by atoms with Crippen molar-refractivity contribution in [2.24, 2.45) is 0 Å². The molecule has 1 aromatic rings. The maximum absolute atomic E-state index is 12.1. The van der Waals surface area contributed by atoms with Crippen LogP contribution in [0.4, 0.5) is 16.4 Å². The van der Waals surface area contributed by atoms with Gasteiger partial charge in [0.2, 0.25) is 0 Å². The second-order valence-electron chi connectivity index (χ2n) is 7.94. The van der Waals surface area contributed by atoms with Gasteiger partial charge in [0.1, 0.15) is 5.60 Å². The Balaban J connectivity index is 2.08. The lowest BCUT2D eigenvalue weighted by Gasteiger charge is -2.19. The van der Waals surface area contributed by atoms with E-state index in [1.54, 1.807) is 0 Å². The number of alkyl carbamates (subject to hydrolysis) is 1. The van der Waals surface area contributed by atoms with E-state index in [4.69, 9.17) is 33.2 Å². The van der Waals surface area contributed by atoms with Crippen molar-refractivity contribution in [1.29, 1.82) is 5.41 Å². The number of guanidine groups is 1. The summed E-state index contributed by atoms with van der Waals surface area (Å²) in [6.07, 6.45) is 5.47. The number of unbranched alkanes of at least 4 members (excludes halogenated alkanes) is 5. The lowest BCUT2D eigenvalue weighted by atomic mass is 10.1. The summed E-state index contributed by atoms with van der Waals surface area (Å²) in [5, 5.41) is 15.5. The molecule has 0 fully saturated rings. The molecular formula is C19H33ClN8O3. The van der Waals surface area contributed by atoms with E-state index >= 15 is 0 Å². The molecule has 0 saturated heterocycles. The van der Waals surface area contributed by atoms with E-state index in [1.165, 1.54) is 0 Å². The van der Waals surface area contributed by atoms with E-state index in [2.05, 4.69) is 25.9 Å². The first-order valence-electron chi connectivity index (χ1n) is 10.2. The Hall–Kier alpha value is -2.82. The molecule has 0 aliphatic rings. The van der Waals surface area contributed by atoms with Crippen molar-refractivity contribution in [2.75, 3.05) is 24.6 Å². The van der Waals surface area contributed by atoms with Gasteiger partial charge in [-0.2, -0.15) is 0 Å². The summed E-state index contributed by atoms with van der Waals surface area (Å²) in [5.74, 6) is -1.08. The fourth-order valence-electron chi connectivity index (χ4n) is 2.50. The third-order valence-electron chi connectivity index (χ3n) is 3.93. The van der Waals surface area contributed by atoms with Crippen LogP contribution in [-0.4, -0.2) is 46.6 Å². The Morgan fingerprint density at radius 1 is 0.968 bits per heavy atom. The van der Waals surface area contributed by atoms with Crippen LogP contribution in [-0.2, 0) is 4.74 Å². The number of anilines is 2. The van der Waals surface area contributed by atoms with Crippen molar-refractivity contribution in [3.05, 3.63) is 10.8 Å². The molecule has 0 unspecified atom stereocenters. The highest BCUT2D eigenvalue weighted by atomic mass is 35.5. The maximum atomic E-state index is 12.1. The summed E-state index contributed by atoms with van der Waals surface area (Å²) in [5.41, 5.74) is 10.4. The first-order chi connectivity index (χ1) is 14.5. The Morgan fingerprint density at radius 2 is 1.52 bits per heavy atom. The van der Waals surface area contributed by atoms with Crippen molar-refractivity contribution < 1.29 is 14.3 Å². The summed E-state index contributed by atoms with van der Waals surface area (Å²) in [6.45, 7) is 6.64. The van der Waals surface area contributed by atoms with Gasteiger partial charge in [0.05, 0.1) is 0 Å². The number of halogens is 1. The quantitative estimate of drug-likeness (QED) is 0.176. The molecule has 11 nitrogen and oxygen atoms in total. The summed E-state index contributed by atoms with van der Waals surface area (Å²) in [4.78, 5) is 31.1. The van der Waals surface area contributed by atoms with Crippen LogP contribution in [0.15, 0.2) is 0 Å². The van der Waals surface area contributed by atoms with Crippen LogP contribution in [0.25, 0.3) is 0 Å². The summed E-state index contributed by atoms with van der Waals surface area (Å²) >= 11 is 5.75. The first kappa shape index (κ1) is 26.2. The van der Waals surface area contributed by atoms with Crippen LogP contribution in [0, 0.1) is 5.41 Å². The SMILES string of the molecule is CC(C)(C)OC(=O)NCCCCCCCCNC(=N)NC(=O)c1nc(Cl)c(N)nc1N. The smallest absolute Gasteiger partial charge is 0.407 e. The molecule has 0 atom stereocenters. The fourth-order valence-corrected chi connectivity index (χ4v) is 2.63. The molecule has 0 radical (unpaired) electrons. The van der Waals surface area contributed by atoms with Crippen LogP contribution in [0.3, 0.4) is 0 Å². The number of amides is 2. The number of hydrogen-bond acceptors (Lipinski definition) is 8. The zero-order valence-corrected chi connectivity index (χ0v) is 19.1. The summed E-state index contributed by atoms with van der Waals surface area (Å²) in [6, 6.07) is 0. The monoisotopic (exact) mass is 456 g/mol. The van der Waals surface area contributed by atoms with E-state index < -0.39 is 11.5 Å². The molecule has 0 aromatic carbocycles. The minimum absolute atomic E-state index is 0.0665. The third kappa shape index (κ3) is 11.2. The van der Waals surface area contributed by atoms with Crippen molar-refractivity contribution in [3.8, 4) is 0 Å². The molecule has 31 heavy (non-hydrogen) atoms. The van der Waals surface area contributed by atoms with Gasteiger partial charge in [-0.15, -0.1) is 0 Å². The number of carbonyl (C=O) groups is 2. The number of nitrogens with one attached hydrogen (secondary N) is 4. The summed E-state index contributed by atoms with van der Waals surface area (Å²) < 4.78 is 5.17. The molecule has 1 rings (SSSR count). The second-order valence-corrected chi connectivity index (χ2v) is 8.30. The predicted octanol–water partition coefficient (Wildman–Crippen LogP) is 2.41. The van der Waals surface area contributed by atoms with Crippen molar-refractivity contribution in [1.82, 2.24) is 25.9 Å². The molecule has 8 N–H and O–H groups in total. The van der Waals surface area contributed by atoms with Crippen molar-refractivity contribution >= 4 is 41.2 Å². The molecule has 1 aromatic heterocycles. The lowest BCUT2D eigenvalue weighted by molar-refractivity contribution is 0.0526. The van der Waals surface area contributed by atoms with Crippen LogP contribution >= 0.6 is 11.6 Å². The van der Waals surface area contributed by atoms with Gasteiger partial charge in [0.15, 0.2) is 28.4 Å². The normalized spacial score (nSPS) is 11.0. The lowest BCUT2D eigenvalue weighted by Crippen LogP contribution is -2.41. The predicted molar refractivity (Wildman–Crippen MR) is 121 cm³/mol. The van der Waals surface area contributed by atoms with Crippen LogP contribution in [0.2, 0.25) is 5.15 Å². The Morgan fingerprint density at radius 3 is 2.10 bits per heavy atom. The molecule has 1 heterocycles. The van der Waals surface area contributed by atoms with Gasteiger partial charge in [-0.05, 0) is 33.6 Å². The Kier molecular flexibility index (Phi) is 10.8. The number of nitrogens with zero attached hydrogens (tertiary/aromatic N) is 2. The highest BCUT2D eigenvalue weighted by Crippen LogP contribution is 2.17. The molecule has 0 bridgehead atoms. The topological polar surface area (TPSA) is 181 Å². The van der Waals surface area contributed by atoms with Gasteiger partial charge in [0, 0.05) is 13.1 Å². The molecule has 0 aliphatic heterocycles. The molecule has 174 valence electrons. The van der Waals surface area contributed by atoms with Gasteiger partial charge in [-0.25, -0.2) is 14.8 Å². The largest absolute Gasteiger partial charge is 0.444 e. The number of hydrogen-bond donors (Lipinski definition) is 6. The van der Waals surface area contributed by atoms with E-state index in [0.29, 0.717) is 13.1 Å². The maximum Gasteiger partial charge on any atom is 0.407 e. The molecule has 0 aliphatic carbocycles. The Bertz CT molecular complexity index is 767. The van der Waals surface area contributed by atoms with Gasteiger partial charge in [-0.3, -0.25) is 15.5 Å². The highest BCUT2D eigenvalue weighted by Gasteiger charge is 2.17. The molecule has 12 heteroatoms. The standard InChI is InChI=1S/C19H33ClN8O3/c1-19(2,3)31-18(30)25-11-9-7-5-4-6-8-10-24-17(23)28-16(29)12-14(21)27-15(22)13(20)26-12/h4-11H2,1-3H3,(H,25,30)(H4,21,22,27)(H3,23,24,28,29). The zero-order chi connectivity index (χ0) is 23.4. The molecule has 0 spiro atoms.